The molecule has 0 saturated carbocycles. The van der Waals surface area contributed by atoms with Gasteiger partial charge in [-0.3, -0.25) is 4.98 Å². The summed E-state index contributed by atoms with van der Waals surface area (Å²) in [4.78, 5) is 4.39. The molecule has 0 spiro atoms. The number of pyridine rings is 1. The van der Waals surface area contributed by atoms with E-state index < -0.39 is 0 Å². The highest BCUT2D eigenvalue weighted by atomic mass is 79.9. The third-order valence-corrected chi connectivity index (χ3v) is 3.95. The molecule has 1 atom stereocenters. The fraction of sp³-hybridized carbons (Fsp3) is 0.118. The van der Waals surface area contributed by atoms with Crippen molar-refractivity contribution in [1.82, 2.24) is 4.98 Å². The number of nitrogens with zero attached hydrogens (tertiary/aromatic N) is 1. The standard InChI is InChI=1S/C17H15BrN2O/c1-11(19)15-7-6-13(9-16(15)18)21-14-8-12-4-2-3-5-17(12)20-10-14/h2-11H,19H2,1H3. The highest BCUT2D eigenvalue weighted by molar-refractivity contribution is 9.10. The number of fused-ring (bicyclic) bond motifs is 1. The molecule has 2 N–H and O–H groups in total. The summed E-state index contributed by atoms with van der Waals surface area (Å²) in [5.41, 5.74) is 7.91. The van der Waals surface area contributed by atoms with E-state index in [0.29, 0.717) is 5.75 Å². The molecule has 3 nitrogen and oxygen atoms in total. The molecular formula is C17H15BrN2O. The van der Waals surface area contributed by atoms with Crippen LogP contribution in [0.4, 0.5) is 0 Å². The summed E-state index contributed by atoms with van der Waals surface area (Å²) >= 11 is 3.53. The van der Waals surface area contributed by atoms with E-state index in [1.54, 1.807) is 6.20 Å². The average molecular weight is 343 g/mol. The van der Waals surface area contributed by atoms with Gasteiger partial charge in [-0.1, -0.05) is 40.2 Å². The van der Waals surface area contributed by atoms with Gasteiger partial charge < -0.3 is 10.5 Å². The summed E-state index contributed by atoms with van der Waals surface area (Å²) in [5.74, 6) is 1.47. The number of para-hydroxylation sites is 1. The van der Waals surface area contributed by atoms with Crippen molar-refractivity contribution in [2.24, 2.45) is 5.73 Å². The molecule has 0 saturated heterocycles. The van der Waals surface area contributed by atoms with E-state index in [0.717, 1.165) is 26.7 Å². The Bertz CT molecular complexity index is 787. The Balaban J connectivity index is 1.89. The van der Waals surface area contributed by atoms with Crippen molar-refractivity contribution in [3.8, 4) is 11.5 Å². The summed E-state index contributed by atoms with van der Waals surface area (Å²) in [5, 5.41) is 1.06. The molecule has 0 fully saturated rings. The van der Waals surface area contributed by atoms with E-state index in [-0.39, 0.29) is 6.04 Å². The van der Waals surface area contributed by atoms with Gasteiger partial charge in [0.2, 0.25) is 0 Å². The Kier molecular flexibility index (Phi) is 3.90. The van der Waals surface area contributed by atoms with Gasteiger partial charge in [0.15, 0.2) is 0 Å². The number of hydrogen-bond donors (Lipinski definition) is 1. The maximum atomic E-state index is 5.90. The summed E-state index contributed by atoms with van der Waals surface area (Å²) in [6.45, 7) is 1.95. The largest absolute Gasteiger partial charge is 0.456 e. The summed E-state index contributed by atoms with van der Waals surface area (Å²) in [6, 6.07) is 15.7. The number of ether oxygens (including phenoxy) is 1. The molecule has 106 valence electrons. The predicted molar refractivity (Wildman–Crippen MR) is 88.6 cm³/mol. The molecule has 1 heterocycles. The van der Waals surface area contributed by atoms with Crippen LogP contribution in [0.3, 0.4) is 0 Å². The maximum Gasteiger partial charge on any atom is 0.146 e. The quantitative estimate of drug-likeness (QED) is 0.742. The first-order valence-corrected chi connectivity index (χ1v) is 7.50. The van der Waals surface area contributed by atoms with Crippen LogP contribution in [-0.2, 0) is 0 Å². The number of benzene rings is 2. The Morgan fingerprint density at radius 1 is 1.10 bits per heavy atom. The molecule has 0 aliphatic carbocycles. The lowest BCUT2D eigenvalue weighted by Gasteiger charge is -2.11. The van der Waals surface area contributed by atoms with Gasteiger partial charge in [0, 0.05) is 15.9 Å². The van der Waals surface area contributed by atoms with Crippen LogP contribution < -0.4 is 10.5 Å². The molecule has 0 amide bonds. The van der Waals surface area contributed by atoms with Crippen LogP contribution in [0.1, 0.15) is 18.5 Å². The van der Waals surface area contributed by atoms with Gasteiger partial charge in [-0.05, 0) is 36.8 Å². The van der Waals surface area contributed by atoms with Crippen LogP contribution in [0.2, 0.25) is 0 Å². The van der Waals surface area contributed by atoms with Crippen LogP contribution >= 0.6 is 15.9 Å². The number of hydrogen-bond acceptors (Lipinski definition) is 3. The van der Waals surface area contributed by atoms with Gasteiger partial charge in [0.25, 0.3) is 0 Å². The molecule has 2 aromatic carbocycles. The van der Waals surface area contributed by atoms with E-state index >= 15 is 0 Å². The number of rotatable bonds is 3. The zero-order valence-corrected chi connectivity index (χ0v) is 13.2. The minimum Gasteiger partial charge on any atom is -0.456 e. The summed E-state index contributed by atoms with van der Waals surface area (Å²) in [6.07, 6.45) is 1.73. The molecule has 1 aromatic heterocycles. The fourth-order valence-corrected chi connectivity index (χ4v) is 2.90. The number of halogens is 1. The Morgan fingerprint density at radius 3 is 2.67 bits per heavy atom. The van der Waals surface area contributed by atoms with E-state index in [2.05, 4.69) is 20.9 Å². The first-order chi connectivity index (χ1) is 10.1. The van der Waals surface area contributed by atoms with Crippen molar-refractivity contribution >= 4 is 26.8 Å². The van der Waals surface area contributed by atoms with Gasteiger partial charge in [0.05, 0.1) is 11.7 Å². The zero-order chi connectivity index (χ0) is 14.8. The summed E-state index contributed by atoms with van der Waals surface area (Å²) in [7, 11) is 0. The van der Waals surface area contributed by atoms with E-state index in [1.807, 2.05) is 55.5 Å². The minimum atomic E-state index is -0.0178. The van der Waals surface area contributed by atoms with Crippen molar-refractivity contribution in [2.45, 2.75) is 13.0 Å². The van der Waals surface area contributed by atoms with Crippen LogP contribution in [0.5, 0.6) is 11.5 Å². The summed E-state index contributed by atoms with van der Waals surface area (Å²) < 4.78 is 6.82. The molecule has 1 unspecified atom stereocenters. The Labute approximate surface area is 131 Å². The normalized spacial score (nSPS) is 12.3. The van der Waals surface area contributed by atoms with Gasteiger partial charge in [-0.25, -0.2) is 0 Å². The van der Waals surface area contributed by atoms with Crippen LogP contribution in [-0.4, -0.2) is 4.98 Å². The Hall–Kier alpha value is -1.91. The second-order valence-electron chi connectivity index (χ2n) is 4.94. The molecule has 0 radical (unpaired) electrons. The SMILES string of the molecule is CC(N)c1ccc(Oc2cnc3ccccc3c2)cc1Br. The van der Waals surface area contributed by atoms with Crippen LogP contribution in [0.25, 0.3) is 10.9 Å². The van der Waals surface area contributed by atoms with Crippen molar-refractivity contribution in [1.29, 1.82) is 0 Å². The van der Waals surface area contributed by atoms with Gasteiger partial charge in [-0.15, -0.1) is 0 Å². The van der Waals surface area contributed by atoms with Crippen molar-refractivity contribution in [3.05, 3.63) is 64.8 Å². The van der Waals surface area contributed by atoms with Crippen molar-refractivity contribution in [2.75, 3.05) is 0 Å². The van der Waals surface area contributed by atoms with Crippen LogP contribution in [0, 0.1) is 0 Å². The molecule has 3 aromatic rings. The lowest BCUT2D eigenvalue weighted by atomic mass is 10.1. The fourth-order valence-electron chi connectivity index (χ4n) is 2.18. The minimum absolute atomic E-state index is 0.0178. The van der Waals surface area contributed by atoms with Crippen molar-refractivity contribution < 1.29 is 4.74 Å². The van der Waals surface area contributed by atoms with Crippen molar-refractivity contribution in [3.63, 3.8) is 0 Å². The second-order valence-corrected chi connectivity index (χ2v) is 5.79. The molecule has 21 heavy (non-hydrogen) atoms. The smallest absolute Gasteiger partial charge is 0.146 e. The van der Waals surface area contributed by atoms with Gasteiger partial charge in [-0.2, -0.15) is 0 Å². The highest BCUT2D eigenvalue weighted by Gasteiger charge is 2.07. The Morgan fingerprint density at radius 2 is 1.90 bits per heavy atom. The molecule has 0 bridgehead atoms. The number of nitrogens with two attached hydrogens (primary N) is 1. The van der Waals surface area contributed by atoms with Crippen LogP contribution in [0.15, 0.2) is 59.2 Å². The first-order valence-electron chi connectivity index (χ1n) is 6.71. The monoisotopic (exact) mass is 342 g/mol. The van der Waals surface area contributed by atoms with Gasteiger partial charge >= 0.3 is 0 Å². The maximum absolute atomic E-state index is 5.90. The lowest BCUT2D eigenvalue weighted by molar-refractivity contribution is 0.480. The average Bonchev–Trinajstić information content (AvgIpc) is 2.47. The van der Waals surface area contributed by atoms with E-state index in [1.165, 1.54) is 0 Å². The molecule has 0 aliphatic rings. The predicted octanol–water partition coefficient (Wildman–Crippen LogP) is 4.81. The van der Waals surface area contributed by atoms with Gasteiger partial charge in [0.1, 0.15) is 11.5 Å². The highest BCUT2D eigenvalue weighted by Crippen LogP contribution is 2.30. The van der Waals surface area contributed by atoms with E-state index in [9.17, 15) is 0 Å². The lowest BCUT2D eigenvalue weighted by Crippen LogP contribution is -2.05. The number of aromatic nitrogens is 1. The second kappa shape index (κ2) is 5.84. The molecule has 4 heteroatoms. The molecule has 0 aliphatic heterocycles. The third-order valence-electron chi connectivity index (χ3n) is 3.26. The topological polar surface area (TPSA) is 48.1 Å². The molecule has 3 rings (SSSR count). The zero-order valence-electron chi connectivity index (χ0n) is 11.6. The first kappa shape index (κ1) is 14.0. The molecular weight excluding hydrogens is 328 g/mol. The van der Waals surface area contributed by atoms with E-state index in [4.69, 9.17) is 10.5 Å². The third kappa shape index (κ3) is 3.06.